The number of benzene rings is 1. The number of nitrogens with zero attached hydrogens (tertiary/aromatic N) is 1. The van der Waals surface area contributed by atoms with Crippen molar-refractivity contribution < 1.29 is 28.1 Å². The van der Waals surface area contributed by atoms with Crippen LogP contribution >= 0.6 is 0 Å². The summed E-state index contributed by atoms with van der Waals surface area (Å²) in [4.78, 5) is 0.0630. The van der Waals surface area contributed by atoms with Gasteiger partial charge in [-0.2, -0.15) is 4.31 Å². The molecule has 0 unspecified atom stereocenters. The van der Waals surface area contributed by atoms with E-state index in [1.54, 1.807) is 6.07 Å². The number of fused-ring (bicyclic) bond motifs is 1. The van der Waals surface area contributed by atoms with Gasteiger partial charge in [0, 0.05) is 25.6 Å². The molecule has 0 aliphatic carbocycles. The number of sulfonamides is 1. The van der Waals surface area contributed by atoms with E-state index in [4.69, 9.17) is 9.47 Å². The third kappa shape index (κ3) is 2.71. The Morgan fingerprint density at radius 1 is 1.05 bits per heavy atom. The molecule has 8 heteroatoms. The second-order valence-corrected chi connectivity index (χ2v) is 7.05. The number of aliphatic hydroxyl groups is 2. The maximum Gasteiger partial charge on any atom is 0.243 e. The highest BCUT2D eigenvalue weighted by Gasteiger charge is 2.37. The van der Waals surface area contributed by atoms with Crippen LogP contribution in [0.4, 0.5) is 0 Å². The lowest BCUT2D eigenvalue weighted by molar-refractivity contribution is 0.0572. The lowest BCUT2D eigenvalue weighted by atomic mass is 10.3. The van der Waals surface area contributed by atoms with Gasteiger partial charge in [0.2, 0.25) is 10.0 Å². The zero-order chi connectivity index (χ0) is 15.0. The van der Waals surface area contributed by atoms with Crippen LogP contribution in [0.1, 0.15) is 6.42 Å². The average molecular weight is 315 g/mol. The van der Waals surface area contributed by atoms with Crippen LogP contribution in [-0.2, 0) is 10.0 Å². The van der Waals surface area contributed by atoms with Crippen LogP contribution in [0.3, 0.4) is 0 Å². The SMILES string of the molecule is O=S(=O)(c1ccc2c(c1)OCCCO2)N1C[C@@H](O)[C@@H](O)C1. The molecule has 3 rings (SSSR count). The number of hydrogen-bond acceptors (Lipinski definition) is 6. The molecule has 0 amide bonds. The van der Waals surface area contributed by atoms with Gasteiger partial charge in [0.05, 0.1) is 30.3 Å². The zero-order valence-corrected chi connectivity index (χ0v) is 12.1. The molecule has 1 aromatic carbocycles. The summed E-state index contributed by atoms with van der Waals surface area (Å²) in [7, 11) is -3.77. The lowest BCUT2D eigenvalue weighted by Crippen LogP contribution is -2.30. The van der Waals surface area contributed by atoms with Crippen LogP contribution in [0.15, 0.2) is 23.1 Å². The Labute approximate surface area is 122 Å². The van der Waals surface area contributed by atoms with Crippen molar-refractivity contribution in [2.24, 2.45) is 0 Å². The van der Waals surface area contributed by atoms with E-state index in [0.29, 0.717) is 24.7 Å². The Kier molecular flexibility index (Phi) is 3.78. The highest BCUT2D eigenvalue weighted by Crippen LogP contribution is 2.33. The summed E-state index contributed by atoms with van der Waals surface area (Å²) in [6.07, 6.45) is -1.37. The predicted octanol–water partition coefficient (Wildman–Crippen LogP) is -0.426. The van der Waals surface area contributed by atoms with Crippen molar-refractivity contribution in [2.45, 2.75) is 23.5 Å². The van der Waals surface area contributed by atoms with Gasteiger partial charge in [-0.1, -0.05) is 0 Å². The van der Waals surface area contributed by atoms with Crippen molar-refractivity contribution in [1.82, 2.24) is 4.31 Å². The summed E-state index contributed by atoms with van der Waals surface area (Å²) >= 11 is 0. The average Bonchev–Trinajstić information content (AvgIpc) is 2.67. The molecule has 0 aromatic heterocycles. The molecule has 0 saturated carbocycles. The third-order valence-electron chi connectivity index (χ3n) is 3.58. The van der Waals surface area contributed by atoms with Gasteiger partial charge >= 0.3 is 0 Å². The monoisotopic (exact) mass is 315 g/mol. The summed E-state index contributed by atoms with van der Waals surface area (Å²) in [6.45, 7) is 0.775. The van der Waals surface area contributed by atoms with Gasteiger partial charge in [-0.05, 0) is 12.1 Å². The fourth-order valence-corrected chi connectivity index (χ4v) is 3.88. The Balaban J connectivity index is 1.91. The Bertz CT molecular complexity index is 622. The number of β-amino-alcohol motifs (C(OH)–C–C–N with tert-alkyl or cyclic N) is 2. The minimum atomic E-state index is -3.77. The maximum absolute atomic E-state index is 12.5. The molecule has 2 atom stereocenters. The first-order valence-corrected chi connectivity index (χ1v) is 8.18. The van der Waals surface area contributed by atoms with E-state index in [0.717, 1.165) is 10.7 Å². The highest BCUT2D eigenvalue weighted by molar-refractivity contribution is 7.89. The van der Waals surface area contributed by atoms with Gasteiger partial charge in [0.15, 0.2) is 11.5 Å². The van der Waals surface area contributed by atoms with Gasteiger partial charge < -0.3 is 19.7 Å². The van der Waals surface area contributed by atoms with Crippen molar-refractivity contribution in [3.05, 3.63) is 18.2 Å². The first-order valence-electron chi connectivity index (χ1n) is 6.74. The lowest BCUT2D eigenvalue weighted by Gasteiger charge is -2.16. The molecule has 2 N–H and O–H groups in total. The van der Waals surface area contributed by atoms with Crippen LogP contribution in [0.5, 0.6) is 11.5 Å². The minimum absolute atomic E-state index is 0.0630. The van der Waals surface area contributed by atoms with Gasteiger partial charge in [0.25, 0.3) is 0 Å². The largest absolute Gasteiger partial charge is 0.490 e. The molecular weight excluding hydrogens is 298 g/mol. The second-order valence-electron chi connectivity index (χ2n) is 5.12. The summed E-state index contributed by atoms with van der Waals surface area (Å²) < 4.78 is 37.0. The topological polar surface area (TPSA) is 96.3 Å². The van der Waals surface area contributed by atoms with Crippen LogP contribution in [0.2, 0.25) is 0 Å². The van der Waals surface area contributed by atoms with Crippen molar-refractivity contribution >= 4 is 10.0 Å². The molecule has 7 nitrogen and oxygen atoms in total. The Hall–Kier alpha value is -1.35. The van der Waals surface area contributed by atoms with Crippen molar-refractivity contribution in [3.63, 3.8) is 0 Å². The van der Waals surface area contributed by atoms with E-state index in [1.165, 1.54) is 12.1 Å². The summed E-state index contributed by atoms with van der Waals surface area (Å²) in [5, 5.41) is 19.0. The van der Waals surface area contributed by atoms with Crippen LogP contribution in [0.25, 0.3) is 0 Å². The van der Waals surface area contributed by atoms with E-state index < -0.39 is 22.2 Å². The first kappa shape index (κ1) is 14.6. The number of hydrogen-bond donors (Lipinski definition) is 2. The van der Waals surface area contributed by atoms with E-state index in [9.17, 15) is 18.6 Å². The van der Waals surface area contributed by atoms with E-state index >= 15 is 0 Å². The molecule has 0 bridgehead atoms. The fourth-order valence-electron chi connectivity index (χ4n) is 2.38. The van der Waals surface area contributed by atoms with Crippen molar-refractivity contribution in [2.75, 3.05) is 26.3 Å². The molecular formula is C13H17NO6S. The molecule has 116 valence electrons. The molecule has 2 aliphatic heterocycles. The molecule has 21 heavy (non-hydrogen) atoms. The molecule has 2 heterocycles. The van der Waals surface area contributed by atoms with Gasteiger partial charge in [-0.15, -0.1) is 0 Å². The minimum Gasteiger partial charge on any atom is -0.490 e. The summed E-state index contributed by atoms with van der Waals surface area (Å²) in [5.74, 6) is 0.918. The standard InChI is InChI=1S/C13H17NO6S/c15-10-7-14(8-11(10)16)21(17,18)9-2-3-12-13(6-9)20-5-1-4-19-12/h2-3,6,10-11,15-16H,1,4-5,7-8H2/t10-,11+. The van der Waals surface area contributed by atoms with E-state index in [1.807, 2.05) is 0 Å². The van der Waals surface area contributed by atoms with E-state index in [2.05, 4.69) is 0 Å². The summed E-state index contributed by atoms with van der Waals surface area (Å²) in [5.41, 5.74) is 0. The van der Waals surface area contributed by atoms with Crippen molar-refractivity contribution in [3.8, 4) is 11.5 Å². The zero-order valence-electron chi connectivity index (χ0n) is 11.3. The first-order chi connectivity index (χ1) is 9.98. The number of rotatable bonds is 2. The fraction of sp³-hybridized carbons (Fsp3) is 0.538. The molecule has 1 aromatic rings. The molecule has 0 spiro atoms. The van der Waals surface area contributed by atoms with Crippen LogP contribution in [-0.4, -0.2) is 61.4 Å². The quantitative estimate of drug-likeness (QED) is 0.769. The van der Waals surface area contributed by atoms with E-state index in [-0.39, 0.29) is 18.0 Å². The Morgan fingerprint density at radius 2 is 1.67 bits per heavy atom. The molecule has 2 aliphatic rings. The number of aliphatic hydroxyl groups excluding tert-OH is 2. The smallest absolute Gasteiger partial charge is 0.243 e. The van der Waals surface area contributed by atoms with Crippen LogP contribution < -0.4 is 9.47 Å². The molecule has 1 fully saturated rings. The molecule has 1 saturated heterocycles. The summed E-state index contributed by atoms with van der Waals surface area (Å²) in [6, 6.07) is 4.43. The highest BCUT2D eigenvalue weighted by atomic mass is 32.2. The van der Waals surface area contributed by atoms with Gasteiger partial charge in [0.1, 0.15) is 0 Å². The Morgan fingerprint density at radius 3 is 2.33 bits per heavy atom. The predicted molar refractivity (Wildman–Crippen MR) is 72.8 cm³/mol. The normalized spacial score (nSPS) is 26.6. The molecule has 0 radical (unpaired) electrons. The maximum atomic E-state index is 12.5. The van der Waals surface area contributed by atoms with Gasteiger partial charge in [-0.3, -0.25) is 0 Å². The van der Waals surface area contributed by atoms with Crippen molar-refractivity contribution in [1.29, 1.82) is 0 Å². The number of ether oxygens (including phenoxy) is 2. The third-order valence-corrected chi connectivity index (χ3v) is 5.41. The second kappa shape index (κ2) is 5.45. The van der Waals surface area contributed by atoms with Gasteiger partial charge in [-0.25, -0.2) is 8.42 Å². The van der Waals surface area contributed by atoms with Crippen LogP contribution in [0, 0.1) is 0 Å².